The average Bonchev–Trinajstić information content (AvgIpc) is 2.38. The Kier molecular flexibility index (Phi) is 4.39. The van der Waals surface area contributed by atoms with E-state index in [9.17, 15) is 9.18 Å². The molecule has 0 bridgehead atoms. The number of nitrogens with zero attached hydrogens (tertiary/aromatic N) is 1. The third kappa shape index (κ3) is 3.36. The first-order valence-electron chi connectivity index (χ1n) is 5.96. The van der Waals surface area contributed by atoms with Crippen molar-refractivity contribution in [1.29, 1.82) is 0 Å². The number of rotatable bonds is 3. The summed E-state index contributed by atoms with van der Waals surface area (Å²) in [5, 5.41) is 9.15. The van der Waals surface area contributed by atoms with Crippen LogP contribution in [-0.2, 0) is 6.54 Å². The van der Waals surface area contributed by atoms with Crippen LogP contribution in [0.2, 0.25) is 0 Å². The van der Waals surface area contributed by atoms with Crippen LogP contribution in [0, 0.1) is 5.82 Å². The molecule has 1 amide bonds. The summed E-state index contributed by atoms with van der Waals surface area (Å²) in [5.74, 6) is -1.35. The van der Waals surface area contributed by atoms with Crippen LogP contribution in [-0.4, -0.2) is 23.0 Å². The van der Waals surface area contributed by atoms with Gasteiger partial charge in [-0.15, -0.1) is 0 Å². The van der Waals surface area contributed by atoms with Gasteiger partial charge in [-0.2, -0.15) is 0 Å². The minimum absolute atomic E-state index is 0.0553. The standard InChI is InChI=1S/C15H13BrFNO2/c1-18(9-10-3-2-4-11(16)7-10)15(20)13-6-5-12(19)8-14(13)17/h2-8,19H,9H2,1H3. The van der Waals surface area contributed by atoms with E-state index in [-0.39, 0.29) is 11.3 Å². The second-order valence-corrected chi connectivity index (χ2v) is 5.37. The van der Waals surface area contributed by atoms with Crippen molar-refractivity contribution < 1.29 is 14.3 Å². The lowest BCUT2D eigenvalue weighted by molar-refractivity contribution is 0.0780. The molecule has 0 radical (unpaired) electrons. The summed E-state index contributed by atoms with van der Waals surface area (Å²) in [4.78, 5) is 13.6. The lowest BCUT2D eigenvalue weighted by Gasteiger charge is -2.18. The molecule has 0 saturated carbocycles. The quantitative estimate of drug-likeness (QED) is 0.930. The maximum Gasteiger partial charge on any atom is 0.256 e. The molecular weight excluding hydrogens is 325 g/mol. The van der Waals surface area contributed by atoms with E-state index in [1.807, 2.05) is 24.3 Å². The highest BCUT2D eigenvalue weighted by atomic mass is 79.9. The van der Waals surface area contributed by atoms with Crippen molar-refractivity contribution in [3.8, 4) is 5.75 Å². The Bertz CT molecular complexity index is 646. The molecule has 2 rings (SSSR count). The minimum atomic E-state index is -0.726. The van der Waals surface area contributed by atoms with E-state index in [2.05, 4.69) is 15.9 Å². The molecule has 0 unspecified atom stereocenters. The van der Waals surface area contributed by atoms with E-state index >= 15 is 0 Å². The predicted octanol–water partition coefficient (Wildman–Crippen LogP) is 3.57. The van der Waals surface area contributed by atoms with Crippen LogP contribution < -0.4 is 0 Å². The zero-order valence-corrected chi connectivity index (χ0v) is 12.4. The molecule has 0 aliphatic rings. The van der Waals surface area contributed by atoms with Crippen molar-refractivity contribution in [1.82, 2.24) is 4.90 Å². The predicted molar refractivity (Wildman–Crippen MR) is 78.0 cm³/mol. The van der Waals surface area contributed by atoms with Crippen molar-refractivity contribution in [2.24, 2.45) is 0 Å². The average molecular weight is 338 g/mol. The van der Waals surface area contributed by atoms with Gasteiger partial charge in [0.25, 0.3) is 5.91 Å². The molecule has 0 aliphatic carbocycles. The van der Waals surface area contributed by atoms with E-state index in [0.29, 0.717) is 6.54 Å². The zero-order valence-electron chi connectivity index (χ0n) is 10.8. The summed E-state index contributed by atoms with van der Waals surface area (Å²) in [6.07, 6.45) is 0. The Hall–Kier alpha value is -1.88. The fraction of sp³-hybridized carbons (Fsp3) is 0.133. The van der Waals surface area contributed by atoms with Crippen LogP contribution in [0.15, 0.2) is 46.9 Å². The summed E-state index contributed by atoms with van der Waals surface area (Å²) in [6.45, 7) is 0.374. The summed E-state index contributed by atoms with van der Waals surface area (Å²) in [7, 11) is 1.61. The topological polar surface area (TPSA) is 40.5 Å². The van der Waals surface area contributed by atoms with Crippen LogP contribution in [0.1, 0.15) is 15.9 Å². The summed E-state index contributed by atoms with van der Waals surface area (Å²) >= 11 is 3.36. The molecule has 5 heteroatoms. The number of carbonyl (C=O) groups excluding carboxylic acids is 1. The first kappa shape index (κ1) is 14.5. The van der Waals surface area contributed by atoms with Crippen molar-refractivity contribution in [3.05, 3.63) is 63.9 Å². The largest absolute Gasteiger partial charge is 0.508 e. The number of halogens is 2. The maximum atomic E-state index is 13.6. The molecule has 0 saturated heterocycles. The fourth-order valence-corrected chi connectivity index (χ4v) is 2.31. The van der Waals surface area contributed by atoms with E-state index in [4.69, 9.17) is 5.11 Å². The minimum Gasteiger partial charge on any atom is -0.508 e. The molecule has 2 aromatic rings. The van der Waals surface area contributed by atoms with Gasteiger partial charge in [0.2, 0.25) is 0 Å². The third-order valence-electron chi connectivity index (χ3n) is 2.84. The van der Waals surface area contributed by atoms with Crippen molar-refractivity contribution in [2.75, 3.05) is 7.05 Å². The second-order valence-electron chi connectivity index (χ2n) is 4.46. The summed E-state index contributed by atoms with van der Waals surface area (Å²) in [6, 6.07) is 11.1. The van der Waals surface area contributed by atoms with Crippen LogP contribution in [0.4, 0.5) is 4.39 Å². The number of aromatic hydroxyl groups is 1. The highest BCUT2D eigenvalue weighted by Gasteiger charge is 2.16. The zero-order chi connectivity index (χ0) is 14.7. The van der Waals surface area contributed by atoms with Crippen LogP contribution >= 0.6 is 15.9 Å². The van der Waals surface area contributed by atoms with Gasteiger partial charge in [0, 0.05) is 24.1 Å². The van der Waals surface area contributed by atoms with Crippen LogP contribution in [0.25, 0.3) is 0 Å². The Morgan fingerprint density at radius 1 is 1.30 bits per heavy atom. The number of phenols is 1. The molecular formula is C15H13BrFNO2. The summed E-state index contributed by atoms with van der Waals surface area (Å²) in [5.41, 5.74) is 0.884. The number of hydrogen-bond donors (Lipinski definition) is 1. The molecule has 20 heavy (non-hydrogen) atoms. The Morgan fingerprint density at radius 3 is 2.70 bits per heavy atom. The van der Waals surface area contributed by atoms with Gasteiger partial charge in [0.15, 0.2) is 0 Å². The number of carbonyl (C=O) groups is 1. The van der Waals surface area contributed by atoms with Crippen molar-refractivity contribution in [3.63, 3.8) is 0 Å². The van der Waals surface area contributed by atoms with Crippen molar-refractivity contribution >= 4 is 21.8 Å². The normalized spacial score (nSPS) is 10.3. The second kappa shape index (κ2) is 6.05. The van der Waals surface area contributed by atoms with Gasteiger partial charge >= 0.3 is 0 Å². The molecule has 3 nitrogen and oxygen atoms in total. The molecule has 0 fully saturated rings. The van der Waals surface area contributed by atoms with Crippen LogP contribution in [0.3, 0.4) is 0 Å². The third-order valence-corrected chi connectivity index (χ3v) is 3.33. The molecule has 0 aliphatic heterocycles. The lowest BCUT2D eigenvalue weighted by Crippen LogP contribution is -2.27. The Labute approximate surface area is 124 Å². The molecule has 1 N–H and O–H groups in total. The number of phenolic OH excluding ortho intramolecular Hbond substituents is 1. The lowest BCUT2D eigenvalue weighted by atomic mass is 10.1. The Morgan fingerprint density at radius 2 is 2.05 bits per heavy atom. The SMILES string of the molecule is CN(Cc1cccc(Br)c1)C(=O)c1ccc(O)cc1F. The number of hydrogen-bond acceptors (Lipinski definition) is 2. The van der Waals surface area contributed by atoms with E-state index in [0.717, 1.165) is 16.1 Å². The number of amides is 1. The number of benzene rings is 2. The van der Waals surface area contributed by atoms with E-state index < -0.39 is 11.7 Å². The molecule has 0 aromatic heterocycles. The maximum absolute atomic E-state index is 13.6. The van der Waals surface area contributed by atoms with Crippen LogP contribution in [0.5, 0.6) is 5.75 Å². The van der Waals surface area contributed by atoms with Gasteiger partial charge in [-0.05, 0) is 29.8 Å². The van der Waals surface area contributed by atoms with Gasteiger partial charge in [-0.3, -0.25) is 4.79 Å². The van der Waals surface area contributed by atoms with Gasteiger partial charge in [-0.25, -0.2) is 4.39 Å². The molecule has 104 valence electrons. The van der Waals surface area contributed by atoms with Gasteiger partial charge < -0.3 is 10.0 Å². The first-order valence-corrected chi connectivity index (χ1v) is 6.75. The molecule has 0 heterocycles. The summed E-state index contributed by atoms with van der Waals surface area (Å²) < 4.78 is 14.6. The highest BCUT2D eigenvalue weighted by molar-refractivity contribution is 9.10. The van der Waals surface area contributed by atoms with E-state index in [1.54, 1.807) is 7.05 Å². The van der Waals surface area contributed by atoms with Crippen molar-refractivity contribution in [2.45, 2.75) is 6.54 Å². The van der Waals surface area contributed by atoms with Gasteiger partial charge in [-0.1, -0.05) is 28.1 Å². The fourth-order valence-electron chi connectivity index (χ4n) is 1.86. The molecule has 2 aromatic carbocycles. The monoisotopic (exact) mass is 337 g/mol. The molecule has 0 spiro atoms. The highest BCUT2D eigenvalue weighted by Crippen LogP contribution is 2.18. The van der Waals surface area contributed by atoms with Gasteiger partial charge in [0.1, 0.15) is 11.6 Å². The smallest absolute Gasteiger partial charge is 0.256 e. The van der Waals surface area contributed by atoms with Gasteiger partial charge in [0.05, 0.1) is 5.56 Å². The Balaban J connectivity index is 2.16. The van der Waals surface area contributed by atoms with E-state index in [1.165, 1.54) is 17.0 Å². The molecule has 0 atom stereocenters. The first-order chi connectivity index (χ1) is 9.47.